The molecule has 0 bridgehead atoms. The van der Waals surface area contributed by atoms with Crippen LogP contribution in [0, 0.1) is 15.9 Å². The van der Waals surface area contributed by atoms with E-state index >= 15 is 0 Å². The molecule has 0 aliphatic rings. The van der Waals surface area contributed by atoms with Gasteiger partial charge in [0, 0.05) is 12.1 Å². The van der Waals surface area contributed by atoms with Crippen LogP contribution in [0.15, 0.2) is 34.7 Å². The molecule has 0 aliphatic carbocycles. The average Bonchev–Trinajstić information content (AvgIpc) is 2.88. The zero-order chi connectivity index (χ0) is 15.6. The summed E-state index contributed by atoms with van der Waals surface area (Å²) in [6, 6.07) is 5.82. The normalized spacial score (nSPS) is 11.9. The number of aromatic carboxylic acids is 1. The van der Waals surface area contributed by atoms with Crippen molar-refractivity contribution < 1.29 is 28.4 Å². The molecule has 0 saturated carbocycles. The number of furan rings is 1. The molecule has 0 amide bonds. The van der Waals surface area contributed by atoms with Gasteiger partial charge in [-0.1, -0.05) is 0 Å². The van der Waals surface area contributed by atoms with E-state index in [1.807, 2.05) is 0 Å². The molecular weight excluding hydrogens is 285 g/mol. The molecule has 1 atom stereocenters. The Morgan fingerprint density at radius 2 is 2.14 bits per heavy atom. The van der Waals surface area contributed by atoms with Gasteiger partial charge in [0.15, 0.2) is 6.10 Å². The zero-order valence-corrected chi connectivity index (χ0v) is 10.8. The first-order valence-corrected chi connectivity index (χ1v) is 5.82. The first-order valence-electron chi connectivity index (χ1n) is 5.82. The van der Waals surface area contributed by atoms with Gasteiger partial charge in [0.1, 0.15) is 11.5 Å². The molecule has 7 nitrogen and oxygen atoms in total. The number of rotatable bonds is 5. The highest BCUT2D eigenvalue weighted by Crippen LogP contribution is 2.27. The van der Waals surface area contributed by atoms with Gasteiger partial charge in [-0.05, 0) is 25.1 Å². The van der Waals surface area contributed by atoms with E-state index in [9.17, 15) is 19.3 Å². The molecule has 1 aromatic heterocycles. The van der Waals surface area contributed by atoms with Gasteiger partial charge in [0.2, 0.25) is 11.6 Å². The van der Waals surface area contributed by atoms with Gasteiger partial charge in [0.05, 0.1) is 4.92 Å². The Kier molecular flexibility index (Phi) is 3.88. The minimum atomic E-state index is -1.21. The molecule has 110 valence electrons. The molecule has 0 aliphatic heterocycles. The Labute approximate surface area is 117 Å². The van der Waals surface area contributed by atoms with Crippen molar-refractivity contribution >= 4 is 11.7 Å². The monoisotopic (exact) mass is 295 g/mol. The SMILES string of the molecule is CC(Oc1ccc([N+](=O)[O-])c(F)c1)c1ccc(C(=O)O)o1. The third kappa shape index (κ3) is 3.16. The van der Waals surface area contributed by atoms with E-state index in [-0.39, 0.29) is 17.3 Å². The highest BCUT2D eigenvalue weighted by molar-refractivity contribution is 5.84. The summed E-state index contributed by atoms with van der Waals surface area (Å²) in [5.74, 6) is -2.16. The molecule has 0 spiro atoms. The van der Waals surface area contributed by atoms with Gasteiger partial charge in [-0.2, -0.15) is 4.39 Å². The van der Waals surface area contributed by atoms with Crippen molar-refractivity contribution in [3.63, 3.8) is 0 Å². The van der Waals surface area contributed by atoms with Crippen LogP contribution in [-0.2, 0) is 0 Å². The second-order valence-electron chi connectivity index (χ2n) is 4.14. The molecule has 0 saturated heterocycles. The maximum Gasteiger partial charge on any atom is 0.371 e. The predicted molar refractivity (Wildman–Crippen MR) is 67.8 cm³/mol. The lowest BCUT2D eigenvalue weighted by Crippen LogP contribution is -2.03. The lowest BCUT2D eigenvalue weighted by molar-refractivity contribution is -0.387. The third-order valence-corrected chi connectivity index (χ3v) is 2.67. The van der Waals surface area contributed by atoms with Crippen LogP contribution in [-0.4, -0.2) is 16.0 Å². The highest BCUT2D eigenvalue weighted by Gasteiger charge is 2.18. The number of nitrogens with zero attached hydrogens (tertiary/aromatic N) is 1. The number of carboxylic acid groups (broad SMARTS) is 1. The number of hydrogen-bond acceptors (Lipinski definition) is 5. The van der Waals surface area contributed by atoms with Gasteiger partial charge in [-0.25, -0.2) is 4.79 Å². The van der Waals surface area contributed by atoms with E-state index in [1.54, 1.807) is 6.92 Å². The molecule has 0 radical (unpaired) electrons. The van der Waals surface area contributed by atoms with E-state index in [2.05, 4.69) is 0 Å². The van der Waals surface area contributed by atoms with Crippen molar-refractivity contribution in [1.82, 2.24) is 0 Å². The van der Waals surface area contributed by atoms with E-state index in [0.717, 1.165) is 12.1 Å². The van der Waals surface area contributed by atoms with Gasteiger partial charge in [-0.3, -0.25) is 10.1 Å². The summed E-state index contributed by atoms with van der Waals surface area (Å²) in [7, 11) is 0. The second-order valence-corrected chi connectivity index (χ2v) is 4.14. The Morgan fingerprint density at radius 1 is 1.43 bits per heavy atom. The lowest BCUT2D eigenvalue weighted by Gasteiger charge is -2.12. The molecule has 1 unspecified atom stereocenters. The van der Waals surface area contributed by atoms with Crippen LogP contribution in [0.5, 0.6) is 5.75 Å². The van der Waals surface area contributed by atoms with E-state index < -0.39 is 28.5 Å². The van der Waals surface area contributed by atoms with Crippen LogP contribution in [0.1, 0.15) is 29.3 Å². The fraction of sp³-hybridized carbons (Fsp3) is 0.154. The first kappa shape index (κ1) is 14.5. The van der Waals surface area contributed by atoms with E-state index in [1.165, 1.54) is 18.2 Å². The molecule has 21 heavy (non-hydrogen) atoms. The Bertz CT molecular complexity index is 696. The van der Waals surface area contributed by atoms with Gasteiger partial charge >= 0.3 is 11.7 Å². The molecule has 1 heterocycles. The van der Waals surface area contributed by atoms with Crippen molar-refractivity contribution in [2.45, 2.75) is 13.0 Å². The van der Waals surface area contributed by atoms with Gasteiger partial charge in [-0.15, -0.1) is 0 Å². The molecule has 1 N–H and O–H groups in total. The summed E-state index contributed by atoms with van der Waals surface area (Å²) in [5.41, 5.74) is -0.652. The van der Waals surface area contributed by atoms with Crippen LogP contribution in [0.3, 0.4) is 0 Å². The number of carboxylic acids is 1. The largest absolute Gasteiger partial charge is 0.483 e. The quantitative estimate of drug-likeness (QED) is 0.671. The second kappa shape index (κ2) is 5.61. The third-order valence-electron chi connectivity index (χ3n) is 2.67. The summed E-state index contributed by atoms with van der Waals surface area (Å²) in [6.07, 6.45) is -0.682. The highest BCUT2D eigenvalue weighted by atomic mass is 19.1. The summed E-state index contributed by atoms with van der Waals surface area (Å²) >= 11 is 0. The van der Waals surface area contributed by atoms with Crippen LogP contribution in [0.2, 0.25) is 0 Å². The van der Waals surface area contributed by atoms with Crippen LogP contribution < -0.4 is 4.74 Å². The Balaban J connectivity index is 2.15. The maximum absolute atomic E-state index is 13.4. The standard InChI is InChI=1S/C13H10FNO6/c1-7(11-4-5-12(21-11)13(16)17)20-8-2-3-10(15(18)19)9(14)6-8/h2-7H,1H3,(H,16,17). The van der Waals surface area contributed by atoms with Crippen LogP contribution in [0.25, 0.3) is 0 Å². The molecule has 0 fully saturated rings. The number of benzene rings is 1. The lowest BCUT2D eigenvalue weighted by atomic mass is 10.2. The predicted octanol–water partition coefficient (Wildman–Crippen LogP) is 3.17. The average molecular weight is 295 g/mol. The van der Waals surface area contributed by atoms with E-state index in [0.29, 0.717) is 0 Å². The number of nitro groups is 1. The summed E-state index contributed by atoms with van der Waals surface area (Å²) in [6.45, 7) is 1.57. The van der Waals surface area contributed by atoms with Crippen molar-refractivity contribution in [1.29, 1.82) is 0 Å². The number of nitro benzene ring substituents is 1. The molecular formula is C13H10FNO6. The summed E-state index contributed by atoms with van der Waals surface area (Å²) in [5, 5.41) is 19.2. The fourth-order valence-corrected chi connectivity index (χ4v) is 1.66. The number of halogens is 1. The van der Waals surface area contributed by atoms with Crippen LogP contribution >= 0.6 is 0 Å². The van der Waals surface area contributed by atoms with Gasteiger partial charge in [0.25, 0.3) is 0 Å². The topological polar surface area (TPSA) is 103 Å². The maximum atomic E-state index is 13.4. The number of hydrogen-bond donors (Lipinski definition) is 1. The van der Waals surface area contributed by atoms with Crippen molar-refractivity contribution in [2.75, 3.05) is 0 Å². The van der Waals surface area contributed by atoms with Crippen molar-refractivity contribution in [3.8, 4) is 5.75 Å². The fourth-order valence-electron chi connectivity index (χ4n) is 1.66. The van der Waals surface area contributed by atoms with E-state index in [4.69, 9.17) is 14.3 Å². The van der Waals surface area contributed by atoms with Crippen LogP contribution in [0.4, 0.5) is 10.1 Å². The zero-order valence-electron chi connectivity index (χ0n) is 10.8. The smallest absolute Gasteiger partial charge is 0.371 e. The summed E-state index contributed by atoms with van der Waals surface area (Å²) < 4.78 is 23.8. The number of ether oxygens (including phenoxy) is 1. The summed E-state index contributed by atoms with van der Waals surface area (Å²) in [4.78, 5) is 20.4. The van der Waals surface area contributed by atoms with Crippen molar-refractivity contribution in [2.24, 2.45) is 0 Å². The number of carbonyl (C=O) groups is 1. The Hall–Kier alpha value is -2.90. The molecule has 2 aromatic rings. The van der Waals surface area contributed by atoms with Gasteiger partial charge < -0.3 is 14.3 Å². The minimum Gasteiger partial charge on any atom is -0.483 e. The van der Waals surface area contributed by atoms with Crippen molar-refractivity contribution in [3.05, 3.63) is 57.8 Å². The molecule has 2 rings (SSSR count). The molecule has 8 heteroatoms. The minimum absolute atomic E-state index is 0.0684. The first-order chi connectivity index (χ1) is 9.88. The Morgan fingerprint density at radius 3 is 2.67 bits per heavy atom. The molecule has 1 aromatic carbocycles.